The van der Waals surface area contributed by atoms with Crippen LogP contribution in [-0.2, 0) is 13.6 Å². The van der Waals surface area contributed by atoms with E-state index in [1.54, 1.807) is 17.8 Å². The van der Waals surface area contributed by atoms with Gasteiger partial charge in [-0.05, 0) is 12.3 Å². The van der Waals surface area contributed by atoms with Crippen molar-refractivity contribution >= 4 is 17.0 Å². The van der Waals surface area contributed by atoms with Crippen molar-refractivity contribution in [2.75, 3.05) is 0 Å². The summed E-state index contributed by atoms with van der Waals surface area (Å²) in [6, 6.07) is 0. The van der Waals surface area contributed by atoms with E-state index in [1.165, 1.54) is 10.9 Å². The van der Waals surface area contributed by atoms with Crippen molar-refractivity contribution in [2.45, 2.75) is 26.8 Å². The van der Waals surface area contributed by atoms with Crippen molar-refractivity contribution < 1.29 is 9.90 Å². The normalized spacial score (nSPS) is 11.4. The highest BCUT2D eigenvalue weighted by molar-refractivity contribution is 5.91. The fourth-order valence-corrected chi connectivity index (χ4v) is 1.99. The van der Waals surface area contributed by atoms with Crippen molar-refractivity contribution in [1.29, 1.82) is 0 Å². The molecule has 6 nitrogen and oxygen atoms in total. The SMILES string of the molecule is CC(C)CCn1cc(C(=O)O)c(=O)c2cn(C)nc21. The van der Waals surface area contributed by atoms with Crippen LogP contribution in [-0.4, -0.2) is 25.4 Å². The van der Waals surface area contributed by atoms with Gasteiger partial charge >= 0.3 is 5.97 Å². The number of pyridine rings is 1. The van der Waals surface area contributed by atoms with Gasteiger partial charge in [0.15, 0.2) is 5.65 Å². The summed E-state index contributed by atoms with van der Waals surface area (Å²) in [4.78, 5) is 23.1. The first kappa shape index (κ1) is 13.3. The fourth-order valence-electron chi connectivity index (χ4n) is 1.99. The summed E-state index contributed by atoms with van der Waals surface area (Å²) in [5.74, 6) is -0.708. The van der Waals surface area contributed by atoms with Crippen LogP contribution >= 0.6 is 0 Å². The lowest BCUT2D eigenvalue weighted by atomic mass is 10.1. The van der Waals surface area contributed by atoms with Crippen LogP contribution in [0.4, 0.5) is 0 Å². The topological polar surface area (TPSA) is 77.1 Å². The molecule has 0 atom stereocenters. The molecule has 2 heterocycles. The van der Waals surface area contributed by atoms with Gasteiger partial charge in [0.05, 0.1) is 5.39 Å². The highest BCUT2D eigenvalue weighted by Crippen LogP contribution is 2.12. The van der Waals surface area contributed by atoms with Crippen molar-refractivity contribution in [3.8, 4) is 0 Å². The van der Waals surface area contributed by atoms with Crippen molar-refractivity contribution in [1.82, 2.24) is 14.3 Å². The van der Waals surface area contributed by atoms with Crippen LogP contribution in [0.3, 0.4) is 0 Å². The summed E-state index contributed by atoms with van der Waals surface area (Å²) in [5, 5.41) is 13.7. The third-order valence-electron chi connectivity index (χ3n) is 3.03. The van der Waals surface area contributed by atoms with Gasteiger partial charge in [0, 0.05) is 26.0 Å². The Bertz CT molecular complexity index is 682. The molecule has 1 N–H and O–H groups in total. The van der Waals surface area contributed by atoms with Gasteiger partial charge < -0.3 is 9.67 Å². The highest BCUT2D eigenvalue weighted by atomic mass is 16.4. The zero-order valence-corrected chi connectivity index (χ0v) is 11.3. The number of aromatic carboxylic acids is 1. The summed E-state index contributed by atoms with van der Waals surface area (Å²) in [5.41, 5.74) is -0.140. The van der Waals surface area contributed by atoms with Crippen LogP contribution in [0.15, 0.2) is 17.2 Å². The molecule has 0 saturated heterocycles. The van der Waals surface area contributed by atoms with E-state index in [9.17, 15) is 9.59 Å². The van der Waals surface area contributed by atoms with Crippen molar-refractivity contribution in [2.24, 2.45) is 13.0 Å². The molecule has 0 aromatic carbocycles. The number of aromatic nitrogens is 3. The van der Waals surface area contributed by atoms with Crippen LogP contribution in [0.5, 0.6) is 0 Å². The summed E-state index contributed by atoms with van der Waals surface area (Å²) in [6.07, 6.45) is 3.85. The first-order valence-electron chi connectivity index (χ1n) is 6.20. The van der Waals surface area contributed by atoms with Crippen LogP contribution in [0.2, 0.25) is 0 Å². The fraction of sp³-hybridized carbons (Fsp3) is 0.462. The third-order valence-corrected chi connectivity index (χ3v) is 3.03. The number of carbonyl (C=O) groups is 1. The molecule has 0 spiro atoms. The Morgan fingerprint density at radius 2 is 2.11 bits per heavy atom. The minimum absolute atomic E-state index is 0.204. The molecule has 0 aliphatic carbocycles. The molecule has 0 saturated carbocycles. The van der Waals surface area contributed by atoms with E-state index >= 15 is 0 Å². The van der Waals surface area contributed by atoms with Crippen molar-refractivity contribution in [3.05, 3.63) is 28.2 Å². The van der Waals surface area contributed by atoms with E-state index in [4.69, 9.17) is 5.11 Å². The Hall–Kier alpha value is -2.11. The predicted molar refractivity (Wildman–Crippen MR) is 71.4 cm³/mol. The number of fused-ring (bicyclic) bond motifs is 1. The van der Waals surface area contributed by atoms with Crippen LogP contribution in [0.1, 0.15) is 30.6 Å². The van der Waals surface area contributed by atoms with Crippen LogP contribution < -0.4 is 5.43 Å². The number of nitrogens with zero attached hydrogens (tertiary/aromatic N) is 3. The third kappa shape index (κ3) is 2.52. The molecule has 2 aromatic rings. The zero-order valence-electron chi connectivity index (χ0n) is 11.3. The van der Waals surface area contributed by atoms with E-state index in [0.717, 1.165) is 6.42 Å². The highest BCUT2D eigenvalue weighted by Gasteiger charge is 2.16. The maximum atomic E-state index is 12.0. The number of rotatable bonds is 4. The number of aryl methyl sites for hydroxylation is 2. The van der Waals surface area contributed by atoms with E-state index in [0.29, 0.717) is 23.5 Å². The van der Waals surface area contributed by atoms with Crippen LogP contribution in [0, 0.1) is 5.92 Å². The van der Waals surface area contributed by atoms with E-state index < -0.39 is 11.4 Å². The smallest absolute Gasteiger partial charge is 0.341 e. The van der Waals surface area contributed by atoms with E-state index in [2.05, 4.69) is 18.9 Å². The molecule has 0 amide bonds. The summed E-state index contributed by atoms with van der Waals surface area (Å²) >= 11 is 0. The van der Waals surface area contributed by atoms with Gasteiger partial charge in [0.25, 0.3) is 0 Å². The van der Waals surface area contributed by atoms with Crippen molar-refractivity contribution in [3.63, 3.8) is 0 Å². The molecule has 0 bridgehead atoms. The molecule has 102 valence electrons. The average Bonchev–Trinajstić information content (AvgIpc) is 2.70. The van der Waals surface area contributed by atoms with Gasteiger partial charge in [-0.2, -0.15) is 5.10 Å². The molecule has 6 heteroatoms. The zero-order chi connectivity index (χ0) is 14.2. The first-order chi connectivity index (χ1) is 8.90. The largest absolute Gasteiger partial charge is 0.477 e. The monoisotopic (exact) mass is 263 g/mol. The quantitative estimate of drug-likeness (QED) is 0.906. The summed E-state index contributed by atoms with van der Waals surface area (Å²) < 4.78 is 3.28. The summed E-state index contributed by atoms with van der Waals surface area (Å²) in [6.45, 7) is 4.83. The number of carboxylic acids is 1. The average molecular weight is 263 g/mol. The van der Waals surface area contributed by atoms with Gasteiger partial charge in [-0.15, -0.1) is 0 Å². The predicted octanol–water partition coefficient (Wildman–Crippen LogP) is 1.48. The Morgan fingerprint density at radius 3 is 2.68 bits per heavy atom. The lowest BCUT2D eigenvalue weighted by molar-refractivity contribution is 0.0695. The molecule has 0 fully saturated rings. The van der Waals surface area contributed by atoms with Gasteiger partial charge in [0.2, 0.25) is 5.43 Å². The molecule has 0 aliphatic heterocycles. The molecular weight excluding hydrogens is 246 g/mol. The second-order valence-corrected chi connectivity index (χ2v) is 5.09. The van der Waals surface area contributed by atoms with Gasteiger partial charge in [-0.25, -0.2) is 4.79 Å². The maximum absolute atomic E-state index is 12.0. The minimum atomic E-state index is -1.20. The lowest BCUT2D eigenvalue weighted by Crippen LogP contribution is -2.18. The Balaban J connectivity index is 2.64. The number of hydrogen-bond donors (Lipinski definition) is 1. The Morgan fingerprint density at radius 1 is 1.42 bits per heavy atom. The summed E-state index contributed by atoms with van der Waals surface area (Å²) in [7, 11) is 1.71. The molecule has 19 heavy (non-hydrogen) atoms. The second-order valence-electron chi connectivity index (χ2n) is 5.09. The standard InChI is InChI=1S/C13H17N3O3/c1-8(2)4-5-16-7-10(13(18)19)11(17)9-6-15(3)14-12(9)16/h6-8H,4-5H2,1-3H3,(H,18,19). The van der Waals surface area contributed by atoms with E-state index in [1.807, 2.05) is 0 Å². The lowest BCUT2D eigenvalue weighted by Gasteiger charge is -2.10. The van der Waals surface area contributed by atoms with Gasteiger partial charge in [0.1, 0.15) is 5.56 Å². The first-order valence-corrected chi connectivity index (χ1v) is 6.20. The molecule has 0 aliphatic rings. The minimum Gasteiger partial charge on any atom is -0.477 e. The molecule has 2 rings (SSSR count). The second kappa shape index (κ2) is 4.87. The Labute approximate surface area is 110 Å². The van der Waals surface area contributed by atoms with Gasteiger partial charge in [-0.3, -0.25) is 9.48 Å². The van der Waals surface area contributed by atoms with E-state index in [-0.39, 0.29) is 5.56 Å². The molecule has 0 unspecified atom stereocenters. The molecule has 2 aromatic heterocycles. The molecular formula is C13H17N3O3. The molecule has 0 radical (unpaired) electrons. The maximum Gasteiger partial charge on any atom is 0.341 e. The number of hydrogen-bond acceptors (Lipinski definition) is 3. The van der Waals surface area contributed by atoms with Crippen LogP contribution in [0.25, 0.3) is 11.0 Å². The Kier molecular flexibility index (Phi) is 3.42. The van der Waals surface area contributed by atoms with Gasteiger partial charge in [-0.1, -0.05) is 13.8 Å². The number of carboxylic acid groups (broad SMARTS) is 1.